The van der Waals surface area contributed by atoms with Crippen molar-refractivity contribution in [2.24, 2.45) is 5.73 Å². The number of nitrogens with two attached hydrogens (primary N) is 1. The first kappa shape index (κ1) is 13.0. The van der Waals surface area contributed by atoms with Crippen molar-refractivity contribution in [1.82, 2.24) is 5.32 Å². The summed E-state index contributed by atoms with van der Waals surface area (Å²) in [5, 5.41) is 2.38. The van der Waals surface area contributed by atoms with Crippen LogP contribution >= 0.6 is 0 Å². The zero-order valence-electron chi connectivity index (χ0n) is 9.90. The molecule has 0 aliphatic rings. The predicted molar refractivity (Wildman–Crippen MR) is 63.5 cm³/mol. The maximum atomic E-state index is 11.5. The van der Waals surface area contributed by atoms with Gasteiger partial charge >= 0.3 is 0 Å². The fourth-order valence-electron chi connectivity index (χ4n) is 1.19. The molecule has 17 heavy (non-hydrogen) atoms. The van der Waals surface area contributed by atoms with Gasteiger partial charge in [-0.2, -0.15) is 0 Å². The zero-order chi connectivity index (χ0) is 12.8. The number of aryl methyl sites for hydroxylation is 1. The molecule has 0 saturated heterocycles. The van der Waals surface area contributed by atoms with E-state index in [-0.39, 0.29) is 12.5 Å². The molecule has 5 nitrogen and oxygen atoms in total. The van der Waals surface area contributed by atoms with Gasteiger partial charge in [0.05, 0.1) is 6.54 Å². The monoisotopic (exact) mass is 236 g/mol. The highest BCUT2D eigenvalue weighted by Gasteiger charge is 2.14. The topological polar surface area (TPSA) is 81.4 Å². The Hall–Kier alpha value is -2.04. The van der Waals surface area contributed by atoms with E-state index in [1.807, 2.05) is 19.1 Å². The third kappa shape index (κ3) is 4.55. The number of hydrogen-bond acceptors (Lipinski definition) is 3. The van der Waals surface area contributed by atoms with Crippen LogP contribution < -0.4 is 15.8 Å². The van der Waals surface area contributed by atoms with E-state index in [2.05, 4.69) is 5.32 Å². The van der Waals surface area contributed by atoms with E-state index in [1.54, 1.807) is 19.1 Å². The molecule has 2 amide bonds. The molecule has 5 heteroatoms. The number of primary amides is 1. The van der Waals surface area contributed by atoms with Gasteiger partial charge in [0.1, 0.15) is 5.75 Å². The minimum Gasteiger partial charge on any atom is -0.481 e. The summed E-state index contributed by atoms with van der Waals surface area (Å²) in [7, 11) is 0. The van der Waals surface area contributed by atoms with Crippen LogP contribution in [0, 0.1) is 6.92 Å². The maximum absolute atomic E-state index is 11.5. The van der Waals surface area contributed by atoms with Crippen molar-refractivity contribution in [3.05, 3.63) is 29.8 Å². The van der Waals surface area contributed by atoms with E-state index in [1.165, 1.54) is 0 Å². The molecule has 0 saturated carbocycles. The summed E-state index contributed by atoms with van der Waals surface area (Å²) in [6.07, 6.45) is -0.669. The number of carbonyl (C=O) groups is 2. The standard InChI is InChI=1S/C12H16N2O3/c1-8-3-5-10(6-4-8)17-9(2)12(16)14-7-11(13)15/h3-6,9H,7H2,1-2H3,(H2,13,15)(H,14,16). The van der Waals surface area contributed by atoms with E-state index >= 15 is 0 Å². The van der Waals surface area contributed by atoms with E-state index in [0.29, 0.717) is 5.75 Å². The second-order valence-electron chi connectivity index (χ2n) is 3.76. The summed E-state index contributed by atoms with van der Waals surface area (Å²) in [5.74, 6) is -0.345. The molecule has 0 aromatic heterocycles. The normalized spacial score (nSPS) is 11.6. The van der Waals surface area contributed by atoms with Gasteiger partial charge in [0.25, 0.3) is 5.91 Å². The summed E-state index contributed by atoms with van der Waals surface area (Å²) in [5.41, 5.74) is 6.03. The Morgan fingerprint density at radius 1 is 1.35 bits per heavy atom. The van der Waals surface area contributed by atoms with Crippen LogP contribution in [0.2, 0.25) is 0 Å². The Morgan fingerprint density at radius 3 is 2.47 bits per heavy atom. The number of nitrogens with one attached hydrogen (secondary N) is 1. The van der Waals surface area contributed by atoms with Crippen LogP contribution in [0.4, 0.5) is 0 Å². The highest BCUT2D eigenvalue weighted by Crippen LogP contribution is 2.13. The van der Waals surface area contributed by atoms with Gasteiger partial charge < -0.3 is 15.8 Å². The molecule has 1 unspecified atom stereocenters. The summed E-state index contributed by atoms with van der Waals surface area (Å²) in [6, 6.07) is 7.35. The van der Waals surface area contributed by atoms with Gasteiger partial charge in [-0.25, -0.2) is 0 Å². The van der Waals surface area contributed by atoms with Crippen molar-refractivity contribution < 1.29 is 14.3 Å². The molecule has 92 valence electrons. The van der Waals surface area contributed by atoms with Crippen molar-refractivity contribution >= 4 is 11.8 Å². The highest BCUT2D eigenvalue weighted by atomic mass is 16.5. The lowest BCUT2D eigenvalue weighted by Gasteiger charge is -2.14. The van der Waals surface area contributed by atoms with Crippen LogP contribution in [0.3, 0.4) is 0 Å². The molecule has 0 bridgehead atoms. The Kier molecular flexibility index (Phi) is 4.51. The molecule has 1 aromatic rings. The Balaban J connectivity index is 2.48. The Bertz CT molecular complexity index is 401. The molecular weight excluding hydrogens is 220 g/mol. The van der Waals surface area contributed by atoms with Crippen molar-refractivity contribution in [3.8, 4) is 5.75 Å². The van der Waals surface area contributed by atoms with Gasteiger partial charge in [-0.3, -0.25) is 9.59 Å². The number of ether oxygens (including phenoxy) is 1. The predicted octanol–water partition coefficient (Wildman–Crippen LogP) is 0.364. The first-order chi connectivity index (χ1) is 7.99. The van der Waals surface area contributed by atoms with Gasteiger partial charge in [0, 0.05) is 0 Å². The first-order valence-corrected chi connectivity index (χ1v) is 5.28. The van der Waals surface area contributed by atoms with E-state index < -0.39 is 12.0 Å². The summed E-state index contributed by atoms with van der Waals surface area (Å²) < 4.78 is 5.40. The van der Waals surface area contributed by atoms with Gasteiger partial charge in [-0.15, -0.1) is 0 Å². The van der Waals surface area contributed by atoms with Gasteiger partial charge in [0.2, 0.25) is 5.91 Å². The smallest absolute Gasteiger partial charge is 0.261 e. The number of hydrogen-bond donors (Lipinski definition) is 2. The van der Waals surface area contributed by atoms with E-state index in [4.69, 9.17) is 10.5 Å². The first-order valence-electron chi connectivity index (χ1n) is 5.28. The van der Waals surface area contributed by atoms with Crippen LogP contribution in [0.25, 0.3) is 0 Å². The minimum atomic E-state index is -0.669. The SMILES string of the molecule is Cc1ccc(OC(C)C(=O)NCC(N)=O)cc1. The molecule has 0 aliphatic heterocycles. The van der Waals surface area contributed by atoms with Crippen LogP contribution in [-0.4, -0.2) is 24.5 Å². The highest BCUT2D eigenvalue weighted by molar-refractivity contribution is 5.86. The third-order valence-electron chi connectivity index (χ3n) is 2.14. The molecule has 0 radical (unpaired) electrons. The Morgan fingerprint density at radius 2 is 1.94 bits per heavy atom. The molecule has 3 N–H and O–H groups in total. The fraction of sp³-hybridized carbons (Fsp3) is 0.333. The Labute approximate surface area is 99.9 Å². The van der Waals surface area contributed by atoms with Gasteiger partial charge in [0.15, 0.2) is 6.10 Å². The summed E-state index contributed by atoms with van der Waals surface area (Å²) >= 11 is 0. The van der Waals surface area contributed by atoms with Gasteiger partial charge in [-0.05, 0) is 26.0 Å². The number of amides is 2. The lowest BCUT2D eigenvalue weighted by molar-refractivity contribution is -0.129. The van der Waals surface area contributed by atoms with Crippen LogP contribution in [0.5, 0.6) is 5.75 Å². The molecule has 1 aromatic carbocycles. The molecule has 0 fully saturated rings. The lowest BCUT2D eigenvalue weighted by atomic mass is 10.2. The van der Waals surface area contributed by atoms with Crippen molar-refractivity contribution in [2.45, 2.75) is 20.0 Å². The second kappa shape index (κ2) is 5.89. The molecule has 0 heterocycles. The second-order valence-corrected chi connectivity index (χ2v) is 3.76. The summed E-state index contributed by atoms with van der Waals surface area (Å²) in [6.45, 7) is 3.39. The number of carbonyl (C=O) groups excluding carboxylic acids is 2. The average Bonchev–Trinajstić information content (AvgIpc) is 2.28. The largest absolute Gasteiger partial charge is 0.481 e. The molecule has 0 spiro atoms. The van der Waals surface area contributed by atoms with Crippen LogP contribution in [-0.2, 0) is 9.59 Å². The van der Waals surface area contributed by atoms with Gasteiger partial charge in [-0.1, -0.05) is 17.7 Å². The van der Waals surface area contributed by atoms with Crippen molar-refractivity contribution in [1.29, 1.82) is 0 Å². The van der Waals surface area contributed by atoms with E-state index in [0.717, 1.165) is 5.56 Å². The molecule has 1 atom stereocenters. The molecule has 0 aliphatic carbocycles. The fourth-order valence-corrected chi connectivity index (χ4v) is 1.19. The third-order valence-corrected chi connectivity index (χ3v) is 2.14. The van der Waals surface area contributed by atoms with Crippen molar-refractivity contribution in [2.75, 3.05) is 6.54 Å². The maximum Gasteiger partial charge on any atom is 0.261 e. The van der Waals surface area contributed by atoms with E-state index in [9.17, 15) is 9.59 Å². The zero-order valence-corrected chi connectivity index (χ0v) is 9.90. The average molecular weight is 236 g/mol. The lowest BCUT2D eigenvalue weighted by Crippen LogP contribution is -2.40. The molecular formula is C12H16N2O3. The summed E-state index contributed by atoms with van der Waals surface area (Å²) in [4.78, 5) is 22.0. The van der Waals surface area contributed by atoms with Crippen molar-refractivity contribution in [3.63, 3.8) is 0 Å². The quantitative estimate of drug-likeness (QED) is 0.774. The minimum absolute atomic E-state index is 0.180. The van der Waals surface area contributed by atoms with Crippen LogP contribution in [0.1, 0.15) is 12.5 Å². The number of rotatable bonds is 5. The molecule has 1 rings (SSSR count). The number of benzene rings is 1. The van der Waals surface area contributed by atoms with Crippen LogP contribution in [0.15, 0.2) is 24.3 Å².